The molecule has 64 valence electrons. The summed E-state index contributed by atoms with van der Waals surface area (Å²) in [7, 11) is 0. The van der Waals surface area contributed by atoms with Gasteiger partial charge in [0.1, 0.15) is 0 Å². The maximum absolute atomic E-state index is 10.8. The third-order valence-corrected chi connectivity index (χ3v) is 1.33. The van der Waals surface area contributed by atoms with Gasteiger partial charge in [-0.25, -0.2) is 0 Å². The minimum Gasteiger partial charge on any atom is -0.360 e. The Kier molecular flexibility index (Phi) is 2.88. The molecule has 1 amide bonds. The minimum absolute atomic E-state index is 0.0467. The maximum Gasteiger partial charge on any atom is 0.262 e. The molecule has 0 atom stereocenters. The summed E-state index contributed by atoms with van der Waals surface area (Å²) in [4.78, 5) is 10.8. The monoisotopic (exact) mass is 186 g/mol. The van der Waals surface area contributed by atoms with Crippen molar-refractivity contribution in [1.29, 1.82) is 0 Å². The van der Waals surface area contributed by atoms with Crippen LogP contribution in [0.3, 0.4) is 0 Å². The highest BCUT2D eigenvalue weighted by Gasteiger charge is 2.03. The van der Waals surface area contributed by atoms with E-state index in [9.17, 15) is 4.79 Å². The minimum atomic E-state index is -0.409. The lowest BCUT2D eigenvalue weighted by molar-refractivity contribution is -0.117. The lowest BCUT2D eigenvalue weighted by atomic mass is 10.4. The standard InChI is InChI=1S/C7H7ClN2O2/c1-5(8)7(11)9-4-6-2-3-10-12-6/h2-3H,1,4H2,(H,9,11). The Morgan fingerprint density at radius 2 is 2.58 bits per heavy atom. The zero-order valence-electron chi connectivity index (χ0n) is 6.21. The van der Waals surface area contributed by atoms with E-state index in [1.54, 1.807) is 6.07 Å². The molecule has 0 unspecified atom stereocenters. The van der Waals surface area contributed by atoms with Crippen molar-refractivity contribution < 1.29 is 9.32 Å². The van der Waals surface area contributed by atoms with Gasteiger partial charge in [0.05, 0.1) is 17.8 Å². The SMILES string of the molecule is C=C(Cl)C(=O)NCc1ccno1. The number of nitrogens with one attached hydrogen (secondary N) is 1. The van der Waals surface area contributed by atoms with E-state index in [0.29, 0.717) is 5.76 Å². The van der Waals surface area contributed by atoms with Crippen LogP contribution < -0.4 is 5.32 Å². The molecule has 0 aliphatic heterocycles. The van der Waals surface area contributed by atoms with Gasteiger partial charge in [-0.05, 0) is 0 Å². The normalized spacial score (nSPS) is 9.42. The predicted molar refractivity (Wildman–Crippen MR) is 43.3 cm³/mol. The van der Waals surface area contributed by atoms with Gasteiger partial charge in [-0.15, -0.1) is 0 Å². The second-order valence-electron chi connectivity index (χ2n) is 2.07. The Labute approximate surface area is 74.2 Å². The first-order valence-electron chi connectivity index (χ1n) is 3.22. The van der Waals surface area contributed by atoms with Crippen LogP contribution in [0.4, 0.5) is 0 Å². The molecule has 0 fully saturated rings. The Morgan fingerprint density at radius 3 is 3.08 bits per heavy atom. The average Bonchev–Trinajstić information content (AvgIpc) is 2.51. The first kappa shape index (κ1) is 8.80. The van der Waals surface area contributed by atoms with E-state index >= 15 is 0 Å². The molecule has 1 aromatic rings. The van der Waals surface area contributed by atoms with Crippen LogP contribution >= 0.6 is 11.6 Å². The van der Waals surface area contributed by atoms with Crippen molar-refractivity contribution in [3.63, 3.8) is 0 Å². The number of halogens is 1. The smallest absolute Gasteiger partial charge is 0.262 e. The number of rotatable bonds is 3. The van der Waals surface area contributed by atoms with Gasteiger partial charge in [-0.2, -0.15) is 0 Å². The van der Waals surface area contributed by atoms with E-state index in [0.717, 1.165) is 0 Å². The Balaban J connectivity index is 2.37. The fourth-order valence-electron chi connectivity index (χ4n) is 0.597. The number of carbonyl (C=O) groups is 1. The largest absolute Gasteiger partial charge is 0.360 e. The molecule has 1 heterocycles. The summed E-state index contributed by atoms with van der Waals surface area (Å²) in [6.07, 6.45) is 1.50. The molecule has 4 nitrogen and oxygen atoms in total. The van der Waals surface area contributed by atoms with Crippen molar-refractivity contribution in [2.75, 3.05) is 0 Å². The van der Waals surface area contributed by atoms with Gasteiger partial charge in [0, 0.05) is 6.07 Å². The van der Waals surface area contributed by atoms with Crippen LogP contribution in [0, 0.1) is 0 Å². The summed E-state index contributed by atoms with van der Waals surface area (Å²) in [6, 6.07) is 1.65. The quantitative estimate of drug-likeness (QED) is 0.718. The fraction of sp³-hybridized carbons (Fsp3) is 0.143. The molecule has 1 N–H and O–H groups in total. The molecule has 12 heavy (non-hydrogen) atoms. The number of hydrogen-bond acceptors (Lipinski definition) is 3. The van der Waals surface area contributed by atoms with Crippen molar-refractivity contribution in [1.82, 2.24) is 10.5 Å². The van der Waals surface area contributed by atoms with Crippen LogP contribution in [0.5, 0.6) is 0 Å². The Bertz CT molecular complexity index is 282. The summed E-state index contributed by atoms with van der Waals surface area (Å²) in [5, 5.41) is 5.90. The molecular weight excluding hydrogens is 180 g/mol. The molecule has 0 spiro atoms. The highest BCUT2D eigenvalue weighted by molar-refractivity contribution is 6.41. The van der Waals surface area contributed by atoms with Crippen molar-refractivity contribution in [3.05, 3.63) is 29.6 Å². The molecule has 1 aromatic heterocycles. The van der Waals surface area contributed by atoms with Crippen molar-refractivity contribution >= 4 is 17.5 Å². The van der Waals surface area contributed by atoms with Crippen molar-refractivity contribution in [2.45, 2.75) is 6.54 Å². The summed E-state index contributed by atoms with van der Waals surface area (Å²) in [5.41, 5.74) is 0. The van der Waals surface area contributed by atoms with Crippen LogP contribution in [0.25, 0.3) is 0 Å². The fourth-order valence-corrected chi connectivity index (χ4v) is 0.663. The van der Waals surface area contributed by atoms with Gasteiger partial charge >= 0.3 is 0 Å². The maximum atomic E-state index is 10.8. The molecule has 0 aliphatic rings. The van der Waals surface area contributed by atoms with Crippen molar-refractivity contribution in [2.24, 2.45) is 0 Å². The topological polar surface area (TPSA) is 55.1 Å². The molecule has 0 bridgehead atoms. The molecule has 0 saturated heterocycles. The van der Waals surface area contributed by atoms with Gasteiger partial charge in [0.15, 0.2) is 5.76 Å². The molecule has 1 rings (SSSR count). The van der Waals surface area contributed by atoms with Crippen LogP contribution in [0.15, 0.2) is 28.4 Å². The summed E-state index contributed by atoms with van der Waals surface area (Å²) >= 11 is 5.32. The van der Waals surface area contributed by atoms with E-state index in [1.807, 2.05) is 0 Å². The highest BCUT2D eigenvalue weighted by Crippen LogP contribution is 1.98. The van der Waals surface area contributed by atoms with Gasteiger partial charge in [-0.1, -0.05) is 23.3 Å². The van der Waals surface area contributed by atoms with Crippen molar-refractivity contribution in [3.8, 4) is 0 Å². The van der Waals surface area contributed by atoms with Crippen LogP contribution in [0.1, 0.15) is 5.76 Å². The summed E-state index contributed by atoms with van der Waals surface area (Å²) in [6.45, 7) is 3.53. The second-order valence-corrected chi connectivity index (χ2v) is 2.52. The van der Waals surface area contributed by atoms with E-state index < -0.39 is 5.91 Å². The van der Waals surface area contributed by atoms with E-state index in [2.05, 4.69) is 17.1 Å². The van der Waals surface area contributed by atoms with Gasteiger partial charge < -0.3 is 9.84 Å². The van der Waals surface area contributed by atoms with E-state index in [-0.39, 0.29) is 11.6 Å². The van der Waals surface area contributed by atoms with E-state index in [1.165, 1.54) is 6.20 Å². The Hall–Kier alpha value is -1.29. The number of amides is 1. The number of nitrogens with zero attached hydrogens (tertiary/aromatic N) is 1. The number of aromatic nitrogens is 1. The lowest BCUT2D eigenvalue weighted by Gasteiger charge is -1.98. The van der Waals surface area contributed by atoms with Gasteiger partial charge in [0.2, 0.25) is 0 Å². The average molecular weight is 187 g/mol. The zero-order chi connectivity index (χ0) is 8.97. The first-order valence-corrected chi connectivity index (χ1v) is 3.60. The first-order chi connectivity index (χ1) is 5.70. The Morgan fingerprint density at radius 1 is 1.83 bits per heavy atom. The highest BCUT2D eigenvalue weighted by atomic mass is 35.5. The summed E-state index contributed by atoms with van der Waals surface area (Å²) in [5.74, 6) is 0.161. The van der Waals surface area contributed by atoms with Crippen LogP contribution in [-0.2, 0) is 11.3 Å². The van der Waals surface area contributed by atoms with Gasteiger partial charge in [-0.3, -0.25) is 4.79 Å². The molecule has 0 saturated carbocycles. The number of carbonyl (C=O) groups excluding carboxylic acids is 1. The second kappa shape index (κ2) is 3.92. The zero-order valence-corrected chi connectivity index (χ0v) is 6.97. The molecule has 0 radical (unpaired) electrons. The van der Waals surface area contributed by atoms with Crippen LogP contribution in [-0.4, -0.2) is 11.1 Å². The van der Waals surface area contributed by atoms with E-state index in [4.69, 9.17) is 16.1 Å². The molecule has 5 heteroatoms. The van der Waals surface area contributed by atoms with Crippen LogP contribution in [0.2, 0.25) is 0 Å². The molecular formula is C7H7ClN2O2. The third kappa shape index (κ3) is 2.39. The molecule has 0 aliphatic carbocycles. The number of hydrogen-bond donors (Lipinski definition) is 1. The van der Waals surface area contributed by atoms with Gasteiger partial charge in [0.25, 0.3) is 5.91 Å². The third-order valence-electron chi connectivity index (χ3n) is 1.16. The predicted octanol–water partition coefficient (Wildman–Crippen LogP) is 1.04. The molecule has 0 aromatic carbocycles. The summed E-state index contributed by atoms with van der Waals surface area (Å²) < 4.78 is 4.73. The lowest BCUT2D eigenvalue weighted by Crippen LogP contribution is -2.21.